The molecule has 6 heteroatoms. The third kappa shape index (κ3) is 2.67. The highest BCUT2D eigenvalue weighted by atomic mass is 16.5. The number of aryl methyl sites for hydroxylation is 1. The van der Waals surface area contributed by atoms with Gasteiger partial charge in [0.05, 0.1) is 0 Å². The number of anilines is 1. The third-order valence-corrected chi connectivity index (χ3v) is 4.29. The quantitative estimate of drug-likeness (QED) is 0.754. The Morgan fingerprint density at radius 1 is 1.38 bits per heavy atom. The summed E-state index contributed by atoms with van der Waals surface area (Å²) in [5, 5.41) is 7.77. The number of aromatic nitrogens is 2. The molecule has 2 amide bonds. The Kier molecular flexibility index (Phi) is 3.57. The second kappa shape index (κ2) is 5.88. The first-order chi connectivity index (χ1) is 11.7. The van der Waals surface area contributed by atoms with Gasteiger partial charge in [0.25, 0.3) is 0 Å². The number of carbonyl (C=O) groups excluding carboxylic acids is 1. The fourth-order valence-electron chi connectivity index (χ4n) is 3.05. The van der Waals surface area contributed by atoms with Crippen molar-refractivity contribution in [3.8, 4) is 0 Å². The van der Waals surface area contributed by atoms with E-state index >= 15 is 0 Å². The summed E-state index contributed by atoms with van der Waals surface area (Å²) in [5.41, 5.74) is 3.63. The second-order valence-corrected chi connectivity index (χ2v) is 5.93. The lowest BCUT2D eigenvalue weighted by molar-refractivity contribution is 0.216. The predicted molar refractivity (Wildman–Crippen MR) is 92.7 cm³/mol. The van der Waals surface area contributed by atoms with Crippen molar-refractivity contribution in [3.63, 3.8) is 0 Å². The molecule has 0 radical (unpaired) electrons. The number of urea groups is 1. The van der Waals surface area contributed by atoms with Gasteiger partial charge in [0.2, 0.25) is 0 Å². The zero-order valence-corrected chi connectivity index (χ0v) is 13.4. The van der Waals surface area contributed by atoms with Gasteiger partial charge in [-0.25, -0.2) is 4.79 Å². The van der Waals surface area contributed by atoms with E-state index in [1.54, 1.807) is 17.9 Å². The molecule has 24 heavy (non-hydrogen) atoms. The van der Waals surface area contributed by atoms with Crippen LogP contribution in [0.5, 0.6) is 0 Å². The minimum absolute atomic E-state index is 0.155. The van der Waals surface area contributed by atoms with E-state index in [0.29, 0.717) is 24.7 Å². The zero-order valence-electron chi connectivity index (χ0n) is 13.4. The van der Waals surface area contributed by atoms with Gasteiger partial charge in [-0.05, 0) is 25.0 Å². The number of rotatable bonds is 2. The number of benzene rings is 1. The van der Waals surface area contributed by atoms with Crippen LogP contribution in [-0.2, 0) is 0 Å². The Morgan fingerprint density at radius 3 is 3.00 bits per heavy atom. The molecule has 0 aliphatic carbocycles. The first-order valence-corrected chi connectivity index (χ1v) is 7.95. The van der Waals surface area contributed by atoms with Gasteiger partial charge in [-0.15, -0.1) is 0 Å². The van der Waals surface area contributed by atoms with Crippen molar-refractivity contribution in [3.05, 3.63) is 53.9 Å². The molecule has 0 bridgehead atoms. The largest absolute Gasteiger partial charge is 0.361 e. The van der Waals surface area contributed by atoms with Crippen LogP contribution in [0.15, 0.2) is 47.1 Å². The van der Waals surface area contributed by atoms with Crippen LogP contribution in [0.4, 0.5) is 10.6 Å². The van der Waals surface area contributed by atoms with E-state index in [2.05, 4.69) is 33.7 Å². The van der Waals surface area contributed by atoms with Crippen molar-refractivity contribution in [1.29, 1.82) is 0 Å². The summed E-state index contributed by atoms with van der Waals surface area (Å²) in [6, 6.07) is 9.81. The summed E-state index contributed by atoms with van der Waals surface area (Å²) in [6.07, 6.45) is 4.99. The van der Waals surface area contributed by atoms with E-state index in [9.17, 15) is 4.79 Å². The van der Waals surface area contributed by atoms with Crippen LogP contribution in [0.25, 0.3) is 16.5 Å². The third-order valence-electron chi connectivity index (χ3n) is 4.29. The fraction of sp³-hybridized carbons (Fsp3) is 0.222. The van der Waals surface area contributed by atoms with Gasteiger partial charge in [0.1, 0.15) is 5.76 Å². The van der Waals surface area contributed by atoms with Gasteiger partial charge >= 0.3 is 6.03 Å². The average molecular weight is 322 g/mol. The summed E-state index contributed by atoms with van der Waals surface area (Å²) in [7, 11) is 0. The predicted octanol–water partition coefficient (Wildman–Crippen LogP) is 3.79. The second-order valence-electron chi connectivity index (χ2n) is 5.93. The number of nitrogens with zero attached hydrogens (tertiary/aromatic N) is 2. The highest BCUT2D eigenvalue weighted by Crippen LogP contribution is 2.29. The zero-order chi connectivity index (χ0) is 16.5. The lowest BCUT2D eigenvalue weighted by atomic mass is 9.99. The molecule has 2 aromatic heterocycles. The van der Waals surface area contributed by atoms with Gasteiger partial charge in [-0.3, -0.25) is 5.32 Å². The average Bonchev–Trinajstić information content (AvgIpc) is 3.21. The highest BCUT2D eigenvalue weighted by molar-refractivity contribution is 5.93. The summed E-state index contributed by atoms with van der Waals surface area (Å²) in [5.74, 6) is 1.12. The van der Waals surface area contributed by atoms with Crippen LogP contribution < -0.4 is 5.32 Å². The Morgan fingerprint density at radius 2 is 2.25 bits per heavy atom. The molecule has 0 spiro atoms. The van der Waals surface area contributed by atoms with Crippen LogP contribution in [0.3, 0.4) is 0 Å². The van der Waals surface area contributed by atoms with E-state index < -0.39 is 0 Å². The van der Waals surface area contributed by atoms with Crippen molar-refractivity contribution < 1.29 is 9.32 Å². The Bertz CT molecular complexity index is 922. The fourth-order valence-corrected chi connectivity index (χ4v) is 3.05. The number of hydrogen-bond donors (Lipinski definition) is 2. The van der Waals surface area contributed by atoms with Gasteiger partial charge in [0.15, 0.2) is 5.82 Å². The van der Waals surface area contributed by atoms with E-state index in [1.807, 2.05) is 18.3 Å². The lowest BCUT2D eigenvalue weighted by Gasteiger charge is -2.26. The Balaban J connectivity index is 1.48. The topological polar surface area (TPSA) is 74.2 Å². The maximum absolute atomic E-state index is 12.3. The van der Waals surface area contributed by atoms with Gasteiger partial charge in [-0.1, -0.05) is 29.4 Å². The van der Waals surface area contributed by atoms with Crippen LogP contribution in [-0.4, -0.2) is 34.2 Å². The van der Waals surface area contributed by atoms with Crippen LogP contribution >= 0.6 is 0 Å². The monoisotopic (exact) mass is 322 g/mol. The molecule has 4 rings (SSSR count). The Hall–Kier alpha value is -3.02. The van der Waals surface area contributed by atoms with E-state index in [-0.39, 0.29) is 6.03 Å². The Labute approximate surface area is 139 Å². The molecular formula is C18H18N4O2. The van der Waals surface area contributed by atoms with Crippen LogP contribution in [0, 0.1) is 6.92 Å². The van der Waals surface area contributed by atoms with Crippen LogP contribution in [0.1, 0.15) is 17.7 Å². The molecule has 6 nitrogen and oxygen atoms in total. The minimum Gasteiger partial charge on any atom is -0.361 e. The molecule has 0 unspecified atom stereocenters. The minimum atomic E-state index is -0.155. The summed E-state index contributed by atoms with van der Waals surface area (Å²) in [6.45, 7) is 3.05. The maximum Gasteiger partial charge on any atom is 0.323 e. The number of nitrogens with one attached hydrogen (secondary N) is 2. The number of para-hydroxylation sites is 1. The molecule has 2 N–H and O–H groups in total. The van der Waals surface area contributed by atoms with Gasteiger partial charge < -0.3 is 14.4 Å². The molecular weight excluding hydrogens is 304 g/mol. The SMILES string of the molecule is Cc1cc(NC(=O)N2CC=C(c3c[nH]c4ccccc34)CC2)no1. The number of H-pyrrole nitrogens is 1. The molecule has 3 heterocycles. The number of amides is 2. The summed E-state index contributed by atoms with van der Waals surface area (Å²) >= 11 is 0. The maximum atomic E-state index is 12.3. The van der Waals surface area contributed by atoms with Crippen molar-refractivity contribution in [1.82, 2.24) is 15.0 Å². The number of hydrogen-bond acceptors (Lipinski definition) is 3. The first kappa shape index (κ1) is 14.6. The van der Waals surface area contributed by atoms with Gasteiger partial charge in [0, 0.05) is 41.8 Å². The van der Waals surface area contributed by atoms with Crippen molar-refractivity contribution in [2.24, 2.45) is 0 Å². The van der Waals surface area contributed by atoms with Gasteiger partial charge in [-0.2, -0.15) is 0 Å². The molecule has 3 aromatic rings. The lowest BCUT2D eigenvalue weighted by Crippen LogP contribution is -2.37. The van der Waals surface area contributed by atoms with E-state index in [4.69, 9.17) is 4.52 Å². The van der Waals surface area contributed by atoms with Crippen LogP contribution in [0.2, 0.25) is 0 Å². The smallest absolute Gasteiger partial charge is 0.323 e. The summed E-state index contributed by atoms with van der Waals surface area (Å²) < 4.78 is 4.96. The molecule has 0 atom stereocenters. The molecule has 0 fully saturated rings. The molecule has 1 aromatic carbocycles. The first-order valence-electron chi connectivity index (χ1n) is 7.95. The number of fused-ring (bicyclic) bond motifs is 1. The summed E-state index contributed by atoms with van der Waals surface area (Å²) in [4.78, 5) is 17.3. The molecule has 0 saturated carbocycles. The number of carbonyl (C=O) groups is 1. The molecule has 1 aliphatic heterocycles. The van der Waals surface area contributed by atoms with Crippen molar-refractivity contribution >= 4 is 28.3 Å². The molecule has 122 valence electrons. The van der Waals surface area contributed by atoms with E-state index in [0.717, 1.165) is 11.9 Å². The van der Waals surface area contributed by atoms with Crippen molar-refractivity contribution in [2.75, 3.05) is 18.4 Å². The number of aromatic amines is 1. The highest BCUT2D eigenvalue weighted by Gasteiger charge is 2.20. The standard InChI is InChI=1S/C18H18N4O2/c1-12-10-17(21-24-12)20-18(23)22-8-6-13(7-9-22)15-11-19-16-5-3-2-4-14(15)16/h2-6,10-11,19H,7-9H2,1H3,(H,20,21,23). The molecule has 1 aliphatic rings. The molecule has 0 saturated heterocycles. The normalized spacial score (nSPS) is 14.7. The van der Waals surface area contributed by atoms with Crippen molar-refractivity contribution in [2.45, 2.75) is 13.3 Å². The van der Waals surface area contributed by atoms with E-state index in [1.165, 1.54) is 16.5 Å².